The second kappa shape index (κ2) is 8.65. The minimum Gasteiger partial charge on any atom is -0.357 e. The molecule has 0 bridgehead atoms. The minimum absolute atomic E-state index is 0.0528. The van der Waals surface area contributed by atoms with E-state index in [1.54, 1.807) is 6.33 Å². The summed E-state index contributed by atoms with van der Waals surface area (Å²) in [5.74, 6) is 0.924. The first-order valence-electron chi connectivity index (χ1n) is 9.79. The summed E-state index contributed by atoms with van der Waals surface area (Å²) in [5.41, 5.74) is 3.75. The van der Waals surface area contributed by atoms with Crippen molar-refractivity contribution < 1.29 is 4.79 Å². The molecule has 1 fully saturated rings. The molecule has 1 aromatic heterocycles. The van der Waals surface area contributed by atoms with Gasteiger partial charge in [0.15, 0.2) is 0 Å². The normalized spacial score (nSPS) is 13.5. The van der Waals surface area contributed by atoms with E-state index >= 15 is 0 Å². The van der Waals surface area contributed by atoms with Gasteiger partial charge in [0.2, 0.25) is 0 Å². The molecule has 5 nitrogen and oxygen atoms in total. The molecule has 2 heterocycles. The van der Waals surface area contributed by atoms with Gasteiger partial charge in [0.05, 0.1) is 5.69 Å². The third kappa shape index (κ3) is 4.36. The maximum atomic E-state index is 12.4. The Kier molecular flexibility index (Phi) is 5.61. The van der Waals surface area contributed by atoms with Gasteiger partial charge >= 0.3 is 0 Å². The molecule has 2 aromatic carbocycles. The largest absolute Gasteiger partial charge is 0.357 e. The van der Waals surface area contributed by atoms with Crippen LogP contribution in [0.25, 0.3) is 11.3 Å². The summed E-state index contributed by atoms with van der Waals surface area (Å²) < 4.78 is 0. The number of benzene rings is 2. The summed E-state index contributed by atoms with van der Waals surface area (Å²) in [5, 5.41) is 2.98. The van der Waals surface area contributed by atoms with E-state index in [0.717, 1.165) is 36.6 Å². The number of rotatable bonds is 6. The fraction of sp³-hybridized carbons (Fsp3) is 0.261. The number of anilines is 1. The van der Waals surface area contributed by atoms with Crippen molar-refractivity contribution in [3.63, 3.8) is 0 Å². The average molecular weight is 372 g/mol. The Balaban J connectivity index is 1.38. The fourth-order valence-electron chi connectivity index (χ4n) is 3.48. The van der Waals surface area contributed by atoms with Crippen molar-refractivity contribution in [2.45, 2.75) is 19.3 Å². The highest BCUT2D eigenvalue weighted by atomic mass is 16.1. The van der Waals surface area contributed by atoms with Crippen LogP contribution >= 0.6 is 0 Å². The van der Waals surface area contributed by atoms with Crippen molar-refractivity contribution in [1.82, 2.24) is 15.3 Å². The molecule has 0 radical (unpaired) electrons. The van der Waals surface area contributed by atoms with E-state index in [2.05, 4.69) is 32.3 Å². The highest BCUT2D eigenvalue weighted by Gasteiger charge is 2.14. The van der Waals surface area contributed by atoms with Crippen molar-refractivity contribution in [2.75, 3.05) is 24.5 Å². The lowest BCUT2D eigenvalue weighted by Gasteiger charge is -2.16. The molecule has 28 heavy (non-hydrogen) atoms. The standard InChI is InChI=1S/C23H24N4O/c28-23(24-13-12-18-6-2-1-3-7-18)20-10-8-19(9-11-20)21-16-22(26-17-25-21)27-14-4-5-15-27/h1-3,6-11,16-17H,4-5,12-15H2,(H,24,28). The lowest BCUT2D eigenvalue weighted by molar-refractivity contribution is 0.0954. The van der Waals surface area contributed by atoms with Crippen molar-refractivity contribution >= 4 is 11.7 Å². The van der Waals surface area contributed by atoms with Gasteiger partial charge in [0, 0.05) is 36.8 Å². The second-order valence-corrected chi connectivity index (χ2v) is 7.02. The van der Waals surface area contributed by atoms with Crippen LogP contribution in [0.15, 0.2) is 67.0 Å². The minimum atomic E-state index is -0.0528. The van der Waals surface area contributed by atoms with Gasteiger partial charge in [-0.25, -0.2) is 9.97 Å². The summed E-state index contributed by atoms with van der Waals surface area (Å²) in [4.78, 5) is 23.5. The topological polar surface area (TPSA) is 58.1 Å². The van der Waals surface area contributed by atoms with Gasteiger partial charge < -0.3 is 10.2 Å². The number of amides is 1. The highest BCUT2D eigenvalue weighted by Crippen LogP contribution is 2.23. The highest BCUT2D eigenvalue weighted by molar-refractivity contribution is 5.94. The quantitative estimate of drug-likeness (QED) is 0.716. The Hall–Kier alpha value is -3.21. The van der Waals surface area contributed by atoms with E-state index in [1.165, 1.54) is 18.4 Å². The predicted octanol–water partition coefficient (Wildman–Crippen LogP) is 3.72. The van der Waals surface area contributed by atoms with Crippen molar-refractivity contribution in [2.24, 2.45) is 0 Å². The second-order valence-electron chi connectivity index (χ2n) is 7.02. The third-order valence-corrected chi connectivity index (χ3v) is 5.07. The van der Waals surface area contributed by atoms with Crippen LogP contribution in [0.5, 0.6) is 0 Å². The molecule has 1 saturated heterocycles. The van der Waals surface area contributed by atoms with Crippen molar-refractivity contribution in [3.05, 3.63) is 78.1 Å². The predicted molar refractivity (Wildman–Crippen MR) is 111 cm³/mol. The van der Waals surface area contributed by atoms with Gasteiger partial charge in [-0.1, -0.05) is 42.5 Å². The molecular weight excluding hydrogens is 348 g/mol. The van der Waals surface area contributed by atoms with Crippen molar-refractivity contribution in [1.29, 1.82) is 0 Å². The molecule has 142 valence electrons. The van der Waals surface area contributed by atoms with Crippen LogP contribution in [0, 0.1) is 0 Å². The number of hydrogen-bond acceptors (Lipinski definition) is 4. The summed E-state index contributed by atoms with van der Waals surface area (Å²) in [6.45, 7) is 2.73. The first-order valence-corrected chi connectivity index (χ1v) is 9.79. The smallest absolute Gasteiger partial charge is 0.251 e. The van der Waals surface area contributed by atoms with Crippen LogP contribution in [0.4, 0.5) is 5.82 Å². The van der Waals surface area contributed by atoms with Crippen LogP contribution in [0.3, 0.4) is 0 Å². The monoisotopic (exact) mass is 372 g/mol. The summed E-state index contributed by atoms with van der Waals surface area (Å²) >= 11 is 0. The molecule has 0 aliphatic carbocycles. The fourth-order valence-corrected chi connectivity index (χ4v) is 3.48. The molecule has 0 atom stereocenters. The van der Waals surface area contributed by atoms with E-state index in [9.17, 15) is 4.79 Å². The average Bonchev–Trinajstić information content (AvgIpc) is 3.30. The molecule has 1 amide bonds. The molecule has 0 spiro atoms. The van der Waals surface area contributed by atoms with Crippen LogP contribution in [-0.4, -0.2) is 35.5 Å². The Morgan fingerprint density at radius 1 is 0.964 bits per heavy atom. The van der Waals surface area contributed by atoms with Crippen LogP contribution in [-0.2, 0) is 6.42 Å². The maximum Gasteiger partial charge on any atom is 0.251 e. The zero-order chi connectivity index (χ0) is 19.2. The van der Waals surface area contributed by atoms with Gasteiger partial charge in [-0.3, -0.25) is 4.79 Å². The zero-order valence-electron chi connectivity index (χ0n) is 15.8. The molecule has 1 aliphatic rings. The van der Waals surface area contributed by atoms with E-state index in [-0.39, 0.29) is 5.91 Å². The number of carbonyl (C=O) groups excluding carboxylic acids is 1. The molecule has 0 saturated carbocycles. The van der Waals surface area contributed by atoms with E-state index in [0.29, 0.717) is 12.1 Å². The summed E-state index contributed by atoms with van der Waals surface area (Å²) in [6, 6.07) is 19.8. The van der Waals surface area contributed by atoms with Gasteiger partial charge in [-0.15, -0.1) is 0 Å². The first kappa shape index (κ1) is 18.2. The SMILES string of the molecule is O=C(NCCc1ccccc1)c1ccc(-c2cc(N3CCCC3)ncn2)cc1. The Labute approximate surface area is 165 Å². The Bertz CT molecular complexity index is 919. The number of nitrogens with one attached hydrogen (secondary N) is 1. The zero-order valence-corrected chi connectivity index (χ0v) is 15.8. The molecule has 4 rings (SSSR count). The number of hydrogen-bond donors (Lipinski definition) is 1. The number of aromatic nitrogens is 2. The van der Waals surface area contributed by atoms with Gasteiger partial charge in [0.1, 0.15) is 12.1 Å². The number of nitrogens with zero attached hydrogens (tertiary/aromatic N) is 3. The molecule has 1 aliphatic heterocycles. The summed E-state index contributed by atoms with van der Waals surface area (Å²) in [6.07, 6.45) is 4.87. The van der Waals surface area contributed by atoms with Crippen LogP contribution < -0.4 is 10.2 Å². The van der Waals surface area contributed by atoms with E-state index in [1.807, 2.05) is 48.5 Å². The molecule has 0 unspecified atom stereocenters. The molecular formula is C23H24N4O. The molecule has 1 N–H and O–H groups in total. The van der Waals surface area contributed by atoms with Crippen LogP contribution in [0.2, 0.25) is 0 Å². The lowest BCUT2D eigenvalue weighted by atomic mass is 10.1. The molecule has 5 heteroatoms. The lowest BCUT2D eigenvalue weighted by Crippen LogP contribution is -2.25. The van der Waals surface area contributed by atoms with Crippen molar-refractivity contribution in [3.8, 4) is 11.3 Å². The summed E-state index contributed by atoms with van der Waals surface area (Å²) in [7, 11) is 0. The van der Waals surface area contributed by atoms with Gasteiger partial charge in [-0.2, -0.15) is 0 Å². The van der Waals surface area contributed by atoms with Gasteiger partial charge in [-0.05, 0) is 37.0 Å². The van der Waals surface area contributed by atoms with E-state index in [4.69, 9.17) is 0 Å². The molecule has 3 aromatic rings. The first-order chi connectivity index (χ1) is 13.8. The van der Waals surface area contributed by atoms with E-state index < -0.39 is 0 Å². The van der Waals surface area contributed by atoms with Gasteiger partial charge in [0.25, 0.3) is 5.91 Å². The maximum absolute atomic E-state index is 12.4. The van der Waals surface area contributed by atoms with Crippen LogP contribution in [0.1, 0.15) is 28.8 Å². The third-order valence-electron chi connectivity index (χ3n) is 5.07. The Morgan fingerprint density at radius 3 is 2.46 bits per heavy atom. The number of carbonyl (C=O) groups is 1. The Morgan fingerprint density at radius 2 is 1.71 bits per heavy atom.